The summed E-state index contributed by atoms with van der Waals surface area (Å²) in [4.78, 5) is 13.1. The van der Waals surface area contributed by atoms with Gasteiger partial charge in [-0.15, -0.1) is 11.8 Å². The van der Waals surface area contributed by atoms with E-state index in [1.54, 1.807) is 36.0 Å². The van der Waals surface area contributed by atoms with Crippen LogP contribution >= 0.6 is 11.8 Å². The molecule has 0 aromatic heterocycles. The highest BCUT2D eigenvalue weighted by atomic mass is 32.2. The number of methoxy groups -OCH3 is 1. The standard InChI is InChI=1S/C18H17F2NO3S/c1-23-15-5-3-4-12(17(15)24-18(19)20)6-11-16(22)21-13-7-9-14(25-2)10-8-13/h3-11,18H,1-2H3,(H,21,22)/b11-6+. The Morgan fingerprint density at radius 2 is 1.92 bits per heavy atom. The number of halogens is 2. The molecule has 0 saturated carbocycles. The van der Waals surface area contributed by atoms with Crippen LogP contribution in [-0.4, -0.2) is 25.9 Å². The number of alkyl halides is 2. The van der Waals surface area contributed by atoms with Gasteiger partial charge in [-0.1, -0.05) is 12.1 Å². The van der Waals surface area contributed by atoms with Gasteiger partial charge in [-0.2, -0.15) is 8.78 Å². The molecule has 0 radical (unpaired) electrons. The smallest absolute Gasteiger partial charge is 0.387 e. The van der Waals surface area contributed by atoms with Crippen LogP contribution in [0.25, 0.3) is 6.08 Å². The third-order valence-corrected chi connectivity index (χ3v) is 3.95. The Bertz CT molecular complexity index is 748. The van der Waals surface area contributed by atoms with E-state index >= 15 is 0 Å². The van der Waals surface area contributed by atoms with Gasteiger partial charge in [0.15, 0.2) is 11.5 Å². The van der Waals surface area contributed by atoms with Crippen LogP contribution in [0.5, 0.6) is 11.5 Å². The van der Waals surface area contributed by atoms with E-state index in [2.05, 4.69) is 10.1 Å². The number of para-hydroxylation sites is 1. The van der Waals surface area contributed by atoms with Gasteiger partial charge in [0.1, 0.15) is 0 Å². The maximum absolute atomic E-state index is 12.6. The molecular formula is C18H17F2NO3S. The molecule has 4 nitrogen and oxygen atoms in total. The van der Waals surface area contributed by atoms with Crippen molar-refractivity contribution in [3.63, 3.8) is 0 Å². The number of hydrogen-bond acceptors (Lipinski definition) is 4. The van der Waals surface area contributed by atoms with Crippen LogP contribution in [0.4, 0.5) is 14.5 Å². The molecule has 2 aromatic carbocycles. The third kappa shape index (κ3) is 5.49. The quantitative estimate of drug-likeness (QED) is 0.572. The van der Waals surface area contributed by atoms with Crippen LogP contribution in [0.15, 0.2) is 53.4 Å². The Labute approximate surface area is 148 Å². The molecular weight excluding hydrogens is 348 g/mol. The summed E-state index contributed by atoms with van der Waals surface area (Å²) in [7, 11) is 1.35. The Morgan fingerprint density at radius 3 is 2.52 bits per heavy atom. The SMILES string of the molecule is COc1cccc(/C=C/C(=O)Nc2ccc(SC)cc2)c1OC(F)F. The van der Waals surface area contributed by atoms with E-state index in [9.17, 15) is 13.6 Å². The second-order valence-electron chi connectivity index (χ2n) is 4.81. The zero-order valence-electron chi connectivity index (χ0n) is 13.7. The van der Waals surface area contributed by atoms with Gasteiger partial charge < -0.3 is 14.8 Å². The average molecular weight is 365 g/mol. The van der Waals surface area contributed by atoms with Crippen molar-refractivity contribution in [1.82, 2.24) is 0 Å². The van der Waals surface area contributed by atoms with E-state index < -0.39 is 6.61 Å². The van der Waals surface area contributed by atoms with E-state index in [1.807, 2.05) is 18.4 Å². The minimum absolute atomic E-state index is 0.117. The zero-order chi connectivity index (χ0) is 18.2. The van der Waals surface area contributed by atoms with Crippen LogP contribution in [0.3, 0.4) is 0 Å². The third-order valence-electron chi connectivity index (χ3n) is 3.21. The highest BCUT2D eigenvalue weighted by molar-refractivity contribution is 7.98. The Morgan fingerprint density at radius 1 is 1.20 bits per heavy atom. The normalized spacial score (nSPS) is 10.9. The van der Waals surface area contributed by atoms with Crippen LogP contribution in [0.2, 0.25) is 0 Å². The summed E-state index contributed by atoms with van der Waals surface area (Å²) in [5, 5.41) is 2.70. The highest BCUT2D eigenvalue weighted by Gasteiger charge is 2.14. The van der Waals surface area contributed by atoms with Gasteiger partial charge in [-0.25, -0.2) is 0 Å². The lowest BCUT2D eigenvalue weighted by molar-refractivity contribution is -0.111. The number of amides is 1. The number of hydrogen-bond donors (Lipinski definition) is 1. The lowest BCUT2D eigenvalue weighted by atomic mass is 10.1. The van der Waals surface area contributed by atoms with Crippen LogP contribution < -0.4 is 14.8 Å². The predicted molar refractivity (Wildman–Crippen MR) is 95.5 cm³/mol. The van der Waals surface area contributed by atoms with E-state index in [-0.39, 0.29) is 17.4 Å². The molecule has 0 spiro atoms. The van der Waals surface area contributed by atoms with Gasteiger partial charge in [-0.3, -0.25) is 4.79 Å². The van der Waals surface area contributed by atoms with Gasteiger partial charge in [-0.05, 0) is 42.7 Å². The first kappa shape index (κ1) is 18.8. The molecule has 0 atom stereocenters. The van der Waals surface area contributed by atoms with Crippen LogP contribution in [-0.2, 0) is 4.79 Å². The Hall–Kier alpha value is -2.54. The zero-order valence-corrected chi connectivity index (χ0v) is 14.5. The summed E-state index contributed by atoms with van der Waals surface area (Å²) >= 11 is 1.60. The first-order valence-corrected chi connectivity index (χ1v) is 8.51. The predicted octanol–water partition coefficient (Wildman–Crippen LogP) is 4.67. The number of nitrogens with one attached hydrogen (secondary N) is 1. The van der Waals surface area contributed by atoms with Gasteiger partial charge in [0.05, 0.1) is 7.11 Å². The molecule has 0 aliphatic rings. The lowest BCUT2D eigenvalue weighted by Crippen LogP contribution is -2.08. The number of anilines is 1. The maximum Gasteiger partial charge on any atom is 0.387 e. The summed E-state index contributed by atoms with van der Waals surface area (Å²) in [6, 6.07) is 12.0. The molecule has 0 unspecified atom stereocenters. The summed E-state index contributed by atoms with van der Waals surface area (Å²) in [5.41, 5.74) is 0.953. The molecule has 0 fully saturated rings. The molecule has 2 rings (SSSR count). The molecule has 0 aliphatic heterocycles. The van der Waals surface area contributed by atoms with E-state index in [4.69, 9.17) is 4.74 Å². The lowest BCUT2D eigenvalue weighted by Gasteiger charge is -2.12. The number of carbonyl (C=O) groups excluding carboxylic acids is 1. The van der Waals surface area contributed by atoms with E-state index in [1.165, 1.54) is 25.3 Å². The largest absolute Gasteiger partial charge is 0.493 e. The van der Waals surface area contributed by atoms with Crippen molar-refractivity contribution in [2.24, 2.45) is 0 Å². The van der Waals surface area contributed by atoms with Crippen LogP contribution in [0, 0.1) is 0 Å². The molecule has 0 heterocycles. The van der Waals surface area contributed by atoms with Crippen molar-refractivity contribution in [2.45, 2.75) is 11.5 Å². The molecule has 2 aromatic rings. The fourth-order valence-corrected chi connectivity index (χ4v) is 2.47. The Balaban J connectivity index is 2.13. The molecule has 7 heteroatoms. The molecule has 25 heavy (non-hydrogen) atoms. The molecule has 0 saturated heterocycles. The molecule has 1 N–H and O–H groups in total. The number of thioether (sulfide) groups is 1. The second kappa shape index (κ2) is 9.08. The van der Waals surface area contributed by atoms with Crippen molar-refractivity contribution in [3.8, 4) is 11.5 Å². The molecule has 1 amide bonds. The first-order chi connectivity index (χ1) is 12.0. The monoisotopic (exact) mass is 365 g/mol. The van der Waals surface area contributed by atoms with Crippen LogP contribution in [0.1, 0.15) is 5.56 Å². The number of benzene rings is 2. The minimum atomic E-state index is -2.99. The topological polar surface area (TPSA) is 47.6 Å². The highest BCUT2D eigenvalue weighted by Crippen LogP contribution is 2.33. The Kier molecular flexibility index (Phi) is 6.82. The molecule has 0 bridgehead atoms. The fourth-order valence-electron chi connectivity index (χ4n) is 2.06. The fraction of sp³-hybridized carbons (Fsp3) is 0.167. The van der Waals surface area contributed by atoms with Gasteiger partial charge in [0, 0.05) is 22.2 Å². The van der Waals surface area contributed by atoms with Crippen molar-refractivity contribution < 1.29 is 23.0 Å². The van der Waals surface area contributed by atoms with Crippen molar-refractivity contribution in [1.29, 1.82) is 0 Å². The van der Waals surface area contributed by atoms with Gasteiger partial charge >= 0.3 is 6.61 Å². The number of carbonyl (C=O) groups is 1. The minimum Gasteiger partial charge on any atom is -0.493 e. The summed E-state index contributed by atoms with van der Waals surface area (Å²) in [5.74, 6) is -0.341. The van der Waals surface area contributed by atoms with Gasteiger partial charge in [0.2, 0.25) is 5.91 Å². The van der Waals surface area contributed by atoms with E-state index in [0.29, 0.717) is 11.3 Å². The van der Waals surface area contributed by atoms with Crippen molar-refractivity contribution >= 4 is 29.4 Å². The van der Waals surface area contributed by atoms with Gasteiger partial charge in [0.25, 0.3) is 0 Å². The van der Waals surface area contributed by atoms with Crippen molar-refractivity contribution in [2.75, 3.05) is 18.7 Å². The summed E-state index contributed by atoms with van der Waals surface area (Å²) < 4.78 is 34.7. The van der Waals surface area contributed by atoms with Crippen molar-refractivity contribution in [3.05, 3.63) is 54.1 Å². The first-order valence-electron chi connectivity index (χ1n) is 7.28. The second-order valence-corrected chi connectivity index (χ2v) is 5.69. The summed E-state index contributed by atoms with van der Waals surface area (Å²) in [6.45, 7) is -2.99. The van der Waals surface area contributed by atoms with E-state index in [0.717, 1.165) is 4.90 Å². The molecule has 0 aliphatic carbocycles. The number of ether oxygens (including phenoxy) is 2. The number of rotatable bonds is 7. The molecule has 132 valence electrons. The summed E-state index contributed by atoms with van der Waals surface area (Å²) in [6.07, 6.45) is 4.60. The maximum atomic E-state index is 12.6. The average Bonchev–Trinajstić information content (AvgIpc) is 2.61.